The van der Waals surface area contributed by atoms with Crippen molar-refractivity contribution in [3.8, 4) is 0 Å². The largest absolute Gasteiger partial charge is 0.280 e. The first-order valence-corrected chi connectivity index (χ1v) is 9.03. The Morgan fingerprint density at radius 3 is 2.23 bits per heavy atom. The molecule has 26 heavy (non-hydrogen) atoms. The Hall–Kier alpha value is -2.58. The summed E-state index contributed by atoms with van der Waals surface area (Å²) >= 11 is 0. The van der Waals surface area contributed by atoms with Gasteiger partial charge < -0.3 is 0 Å². The highest BCUT2D eigenvalue weighted by molar-refractivity contribution is 5.46. The van der Waals surface area contributed by atoms with E-state index >= 15 is 0 Å². The minimum Gasteiger partial charge on any atom is -0.280 e. The van der Waals surface area contributed by atoms with E-state index in [0.717, 1.165) is 29.8 Å². The normalized spacial score (nSPS) is 12.3. The number of rotatable bonds is 12. The van der Waals surface area contributed by atoms with Crippen LogP contribution >= 0.6 is 0 Å². The molecular formula is C17H29N9. The molecule has 0 unspecified atom stereocenters. The predicted molar refractivity (Wildman–Crippen MR) is 101 cm³/mol. The monoisotopic (exact) mass is 359 g/mol. The molecule has 0 aliphatic rings. The van der Waals surface area contributed by atoms with Gasteiger partial charge in [-0.15, -0.1) is 5.11 Å². The summed E-state index contributed by atoms with van der Waals surface area (Å²) in [6, 6.07) is 5.91. The van der Waals surface area contributed by atoms with Crippen molar-refractivity contribution < 1.29 is 0 Å². The molecule has 142 valence electrons. The van der Waals surface area contributed by atoms with Crippen LogP contribution in [0, 0.1) is 13.8 Å². The first-order valence-electron chi connectivity index (χ1n) is 9.03. The highest BCUT2D eigenvalue weighted by Crippen LogP contribution is 2.20. The molecule has 0 amide bonds. The fraction of sp³-hybridized carbons (Fsp3) is 0.647. The molecule has 0 N–H and O–H groups in total. The molecule has 0 aliphatic heterocycles. The Balaban J connectivity index is 2.22. The second kappa shape index (κ2) is 13.7. The van der Waals surface area contributed by atoms with Gasteiger partial charge in [0.15, 0.2) is 0 Å². The van der Waals surface area contributed by atoms with Gasteiger partial charge in [0.05, 0.1) is 5.69 Å². The van der Waals surface area contributed by atoms with Crippen LogP contribution in [0.2, 0.25) is 0 Å². The van der Waals surface area contributed by atoms with Gasteiger partial charge in [0.1, 0.15) is 0 Å². The summed E-state index contributed by atoms with van der Waals surface area (Å²) in [4.78, 5) is 0. The van der Waals surface area contributed by atoms with Gasteiger partial charge in [-0.25, -0.2) is 0 Å². The van der Waals surface area contributed by atoms with Crippen molar-refractivity contribution in [2.45, 2.75) is 59.3 Å². The van der Waals surface area contributed by atoms with E-state index in [2.05, 4.69) is 48.6 Å². The number of hydrogen-bond acceptors (Lipinski definition) is 2. The summed E-state index contributed by atoms with van der Waals surface area (Å²) in [7, 11) is 1.85. The van der Waals surface area contributed by atoms with Crippen LogP contribution in [0.15, 0.2) is 59.9 Å². The van der Waals surface area contributed by atoms with Crippen molar-refractivity contribution in [3.63, 3.8) is 0 Å². The summed E-state index contributed by atoms with van der Waals surface area (Å²) in [5.41, 5.74) is 2.86. The zero-order valence-corrected chi connectivity index (χ0v) is 16.2. The molecule has 0 aromatic heterocycles. The highest BCUT2D eigenvalue weighted by atomic mass is 15.7. The topological polar surface area (TPSA) is 102 Å². The Labute approximate surface area is 155 Å². The minimum absolute atomic E-state index is 0.747. The van der Waals surface area contributed by atoms with Gasteiger partial charge in [-0.2, -0.15) is 0 Å². The molecular weight excluding hydrogens is 330 g/mol. The maximum atomic E-state index is 3.97. The summed E-state index contributed by atoms with van der Waals surface area (Å²) in [6.45, 7) is 7.00. The molecule has 0 atom stereocenters. The van der Waals surface area contributed by atoms with Crippen molar-refractivity contribution in [2.75, 3.05) is 13.6 Å². The summed E-state index contributed by atoms with van der Waals surface area (Å²) in [5.74, 6) is 0. The lowest BCUT2D eigenvalue weighted by atomic mass is 10.1. The average Bonchev–Trinajstić information content (AvgIpc) is 2.63. The van der Waals surface area contributed by atoms with Crippen molar-refractivity contribution >= 4 is 5.69 Å². The molecule has 0 heterocycles. The zero-order valence-electron chi connectivity index (χ0n) is 16.2. The Morgan fingerprint density at radius 2 is 1.46 bits per heavy atom. The first-order chi connectivity index (χ1) is 12.6. The lowest BCUT2D eigenvalue weighted by Gasteiger charge is -2.09. The van der Waals surface area contributed by atoms with Gasteiger partial charge in [-0.1, -0.05) is 51.2 Å². The van der Waals surface area contributed by atoms with Crippen LogP contribution in [0.25, 0.3) is 0 Å². The molecule has 0 spiro atoms. The molecule has 0 radical (unpaired) electrons. The summed E-state index contributed by atoms with van der Waals surface area (Å²) < 4.78 is 0. The van der Waals surface area contributed by atoms with Gasteiger partial charge in [-0.3, -0.25) is 5.01 Å². The highest BCUT2D eigenvalue weighted by Gasteiger charge is 1.96. The molecule has 0 aliphatic carbocycles. The van der Waals surface area contributed by atoms with E-state index in [0.29, 0.717) is 0 Å². The second-order valence-corrected chi connectivity index (χ2v) is 6.17. The summed E-state index contributed by atoms with van der Waals surface area (Å²) in [5, 5.41) is 30.4. The average molecular weight is 359 g/mol. The smallest absolute Gasteiger partial charge is 0.0907 e. The molecule has 0 bridgehead atoms. The van der Waals surface area contributed by atoms with Crippen LogP contribution in [0.3, 0.4) is 0 Å². The predicted octanol–water partition coefficient (Wildman–Crippen LogP) is 6.70. The van der Waals surface area contributed by atoms with Crippen molar-refractivity contribution in [1.82, 2.24) is 5.01 Å². The molecule has 1 rings (SSSR count). The van der Waals surface area contributed by atoms with Crippen LogP contribution in [-0.2, 0) is 0 Å². The van der Waals surface area contributed by atoms with E-state index in [-0.39, 0.29) is 0 Å². The van der Waals surface area contributed by atoms with Gasteiger partial charge in [0.25, 0.3) is 0 Å². The third-order valence-electron chi connectivity index (χ3n) is 3.75. The number of aryl methyl sites for hydroxylation is 2. The van der Waals surface area contributed by atoms with Gasteiger partial charge >= 0.3 is 0 Å². The minimum atomic E-state index is 0.747. The molecule has 0 saturated carbocycles. The molecule has 0 fully saturated rings. The van der Waals surface area contributed by atoms with Crippen LogP contribution < -0.4 is 0 Å². The van der Waals surface area contributed by atoms with E-state index in [1.165, 1.54) is 32.1 Å². The number of benzene rings is 1. The molecule has 9 heteroatoms. The molecule has 1 aromatic carbocycles. The van der Waals surface area contributed by atoms with E-state index < -0.39 is 0 Å². The fourth-order valence-electron chi connectivity index (χ4n) is 2.22. The zero-order chi connectivity index (χ0) is 19.0. The maximum Gasteiger partial charge on any atom is 0.0907 e. The van der Waals surface area contributed by atoms with Gasteiger partial charge in [0, 0.05) is 13.6 Å². The third-order valence-corrected chi connectivity index (χ3v) is 3.75. The molecule has 0 saturated heterocycles. The second-order valence-electron chi connectivity index (χ2n) is 6.17. The fourth-order valence-corrected chi connectivity index (χ4v) is 2.22. The summed E-state index contributed by atoms with van der Waals surface area (Å²) in [6.07, 6.45) is 7.46. The Kier molecular flexibility index (Phi) is 11.3. The van der Waals surface area contributed by atoms with Crippen LogP contribution in [0.1, 0.15) is 56.6 Å². The molecule has 1 aromatic rings. The Bertz CT molecular complexity index is 623. The van der Waals surface area contributed by atoms with Crippen molar-refractivity contribution in [1.29, 1.82) is 0 Å². The standard InChI is InChI=1S/C17H29N9/c1-5-6-7-8-9-10-13-26(4)25-24-23-22-21-20-19-18-17-14-15(2)11-12-16(17)3/h11-12,14H,5-10,13H2,1-4H3/b19-18?,21-20+,23-22+,25-24+. The lowest BCUT2D eigenvalue weighted by molar-refractivity contribution is 0.314. The van der Waals surface area contributed by atoms with E-state index in [1.54, 1.807) is 5.01 Å². The maximum absolute atomic E-state index is 3.97. The van der Waals surface area contributed by atoms with E-state index in [4.69, 9.17) is 0 Å². The van der Waals surface area contributed by atoms with E-state index in [9.17, 15) is 0 Å². The van der Waals surface area contributed by atoms with Crippen molar-refractivity contribution in [3.05, 3.63) is 29.3 Å². The number of nitrogens with zero attached hydrogens (tertiary/aromatic N) is 9. The SMILES string of the molecule is CCCCCCCCN(C)/N=N/N=N/N=N/N=Nc1cc(C)ccc1C. The first kappa shape index (κ1) is 21.5. The lowest BCUT2D eigenvalue weighted by Crippen LogP contribution is -2.11. The van der Waals surface area contributed by atoms with Crippen molar-refractivity contribution in [2.24, 2.45) is 41.7 Å². The molecule has 9 nitrogen and oxygen atoms in total. The van der Waals surface area contributed by atoms with Gasteiger partial charge in [-0.05, 0) is 74.0 Å². The van der Waals surface area contributed by atoms with Gasteiger partial charge in [0.2, 0.25) is 0 Å². The van der Waals surface area contributed by atoms with E-state index in [1.807, 2.05) is 39.1 Å². The third kappa shape index (κ3) is 10.3. The Morgan fingerprint density at radius 1 is 0.808 bits per heavy atom. The van der Waals surface area contributed by atoms with Crippen LogP contribution in [-0.4, -0.2) is 18.6 Å². The van der Waals surface area contributed by atoms with Crippen LogP contribution in [0.5, 0.6) is 0 Å². The quantitative estimate of drug-likeness (QED) is 0.231. The number of hydrogen-bond donors (Lipinski definition) is 0. The van der Waals surface area contributed by atoms with Crippen LogP contribution in [0.4, 0.5) is 5.69 Å². The number of unbranched alkanes of at least 4 members (excludes halogenated alkanes) is 5.